The summed E-state index contributed by atoms with van der Waals surface area (Å²) in [5, 5.41) is 14.0. The smallest absolute Gasteiger partial charge is 0.159 e. The van der Waals surface area contributed by atoms with Gasteiger partial charge in [0.2, 0.25) is 0 Å². The number of aromatic nitrogens is 1. The molecule has 1 atom stereocenters. The van der Waals surface area contributed by atoms with Gasteiger partial charge in [-0.25, -0.2) is 0 Å². The van der Waals surface area contributed by atoms with Crippen molar-refractivity contribution >= 4 is 34.0 Å². The van der Waals surface area contributed by atoms with Crippen molar-refractivity contribution in [2.75, 3.05) is 12.3 Å². The van der Waals surface area contributed by atoms with E-state index in [1.165, 1.54) is 11.1 Å². The Morgan fingerprint density at radius 2 is 2.04 bits per heavy atom. The molecule has 1 aliphatic rings. The molecule has 1 unspecified atom stereocenters. The van der Waals surface area contributed by atoms with Crippen LogP contribution in [-0.2, 0) is 10.5 Å². The first-order chi connectivity index (χ1) is 13.2. The number of carbonyl (C=O) groups is 1. The first-order valence-corrected chi connectivity index (χ1v) is 10.2. The van der Waals surface area contributed by atoms with Crippen molar-refractivity contribution < 1.29 is 9.90 Å². The average Bonchev–Trinajstić information content (AvgIpc) is 3.10. The molecular formula is C22H22N2O2S. The van der Waals surface area contributed by atoms with E-state index in [1.54, 1.807) is 23.9 Å². The number of phenolic OH excluding ortho intramolecular Hbond substituents is 1. The van der Waals surface area contributed by atoms with Gasteiger partial charge in [0.05, 0.1) is 11.8 Å². The van der Waals surface area contributed by atoms with Crippen molar-refractivity contribution in [2.24, 2.45) is 0 Å². The van der Waals surface area contributed by atoms with Gasteiger partial charge in [0, 0.05) is 35.5 Å². The normalized spacial score (nSPS) is 17.0. The van der Waals surface area contributed by atoms with E-state index in [0.717, 1.165) is 35.2 Å². The summed E-state index contributed by atoms with van der Waals surface area (Å²) < 4.78 is 0. The van der Waals surface area contributed by atoms with Crippen LogP contribution in [0.5, 0.6) is 5.75 Å². The molecular weight excluding hydrogens is 356 g/mol. The first kappa shape index (κ1) is 17.9. The van der Waals surface area contributed by atoms with Crippen LogP contribution in [0.3, 0.4) is 0 Å². The molecule has 0 amide bonds. The van der Waals surface area contributed by atoms with Gasteiger partial charge in [-0.05, 0) is 35.3 Å². The minimum atomic E-state index is -0.113. The molecule has 5 heteroatoms. The van der Waals surface area contributed by atoms with Gasteiger partial charge in [-0.2, -0.15) is 0 Å². The SMILES string of the molecule is O=C(CSCc1c[nH]c2cc(O)ccc12)C1CC(c2ccccc2)=CCN1. The molecule has 2 heterocycles. The van der Waals surface area contributed by atoms with Gasteiger partial charge in [-0.3, -0.25) is 4.79 Å². The summed E-state index contributed by atoms with van der Waals surface area (Å²) in [6.07, 6.45) is 4.88. The van der Waals surface area contributed by atoms with Crippen LogP contribution in [0.15, 0.2) is 60.8 Å². The number of aromatic amines is 1. The minimum absolute atomic E-state index is 0.113. The predicted octanol–water partition coefficient (Wildman–Crippen LogP) is 4.12. The molecule has 4 nitrogen and oxygen atoms in total. The van der Waals surface area contributed by atoms with Gasteiger partial charge >= 0.3 is 0 Å². The van der Waals surface area contributed by atoms with Crippen molar-refractivity contribution in [3.63, 3.8) is 0 Å². The van der Waals surface area contributed by atoms with E-state index in [-0.39, 0.29) is 17.6 Å². The number of benzene rings is 2. The third kappa shape index (κ3) is 4.10. The largest absolute Gasteiger partial charge is 0.508 e. The second-order valence-corrected chi connectivity index (χ2v) is 7.75. The molecule has 0 bridgehead atoms. The number of nitrogens with one attached hydrogen (secondary N) is 2. The number of hydrogen-bond donors (Lipinski definition) is 3. The summed E-state index contributed by atoms with van der Waals surface area (Å²) in [6.45, 7) is 0.733. The molecule has 0 aliphatic carbocycles. The van der Waals surface area contributed by atoms with Crippen molar-refractivity contribution in [3.8, 4) is 5.75 Å². The Balaban J connectivity index is 1.33. The lowest BCUT2D eigenvalue weighted by Crippen LogP contribution is -2.40. The zero-order valence-electron chi connectivity index (χ0n) is 14.9. The van der Waals surface area contributed by atoms with Gasteiger partial charge in [0.25, 0.3) is 0 Å². The fraction of sp³-hybridized carbons (Fsp3) is 0.227. The van der Waals surface area contributed by atoms with Crippen LogP contribution in [0.2, 0.25) is 0 Å². The lowest BCUT2D eigenvalue weighted by molar-refractivity contribution is -0.118. The van der Waals surface area contributed by atoms with Gasteiger partial charge in [-0.1, -0.05) is 36.4 Å². The number of H-pyrrole nitrogens is 1. The minimum Gasteiger partial charge on any atom is -0.508 e. The molecule has 0 saturated carbocycles. The van der Waals surface area contributed by atoms with Crippen LogP contribution in [0.1, 0.15) is 17.5 Å². The molecule has 0 fully saturated rings. The first-order valence-electron chi connectivity index (χ1n) is 9.08. The lowest BCUT2D eigenvalue weighted by Gasteiger charge is -2.23. The highest BCUT2D eigenvalue weighted by molar-refractivity contribution is 7.99. The zero-order valence-corrected chi connectivity index (χ0v) is 15.8. The summed E-state index contributed by atoms with van der Waals surface area (Å²) in [6, 6.07) is 15.5. The maximum absolute atomic E-state index is 12.7. The van der Waals surface area contributed by atoms with E-state index in [0.29, 0.717) is 5.75 Å². The second-order valence-electron chi connectivity index (χ2n) is 6.76. The van der Waals surface area contributed by atoms with Crippen LogP contribution in [0.4, 0.5) is 0 Å². The Morgan fingerprint density at radius 3 is 2.89 bits per heavy atom. The zero-order chi connectivity index (χ0) is 18.6. The number of carbonyl (C=O) groups excluding carboxylic acids is 1. The van der Waals surface area contributed by atoms with Crippen molar-refractivity contribution in [2.45, 2.75) is 18.2 Å². The average molecular weight is 378 g/mol. The molecule has 3 aromatic rings. The highest BCUT2D eigenvalue weighted by Crippen LogP contribution is 2.27. The fourth-order valence-electron chi connectivity index (χ4n) is 3.47. The molecule has 0 saturated heterocycles. The van der Waals surface area contributed by atoms with Crippen LogP contribution in [-0.4, -0.2) is 34.2 Å². The van der Waals surface area contributed by atoms with E-state index in [2.05, 4.69) is 28.5 Å². The maximum Gasteiger partial charge on any atom is 0.159 e. The van der Waals surface area contributed by atoms with Gasteiger partial charge < -0.3 is 15.4 Å². The monoisotopic (exact) mass is 378 g/mol. The number of thioether (sulfide) groups is 1. The second kappa shape index (κ2) is 8.03. The number of phenols is 1. The fourth-order valence-corrected chi connectivity index (χ4v) is 4.43. The molecule has 0 spiro atoms. The van der Waals surface area contributed by atoms with Crippen LogP contribution < -0.4 is 5.32 Å². The molecule has 3 N–H and O–H groups in total. The Hall–Kier alpha value is -2.50. The van der Waals surface area contributed by atoms with Crippen molar-refractivity contribution in [1.29, 1.82) is 0 Å². The van der Waals surface area contributed by atoms with E-state index in [1.807, 2.05) is 30.5 Å². The molecule has 1 aromatic heterocycles. The van der Waals surface area contributed by atoms with Crippen molar-refractivity contribution in [3.05, 3.63) is 71.9 Å². The number of fused-ring (bicyclic) bond motifs is 1. The summed E-state index contributed by atoms with van der Waals surface area (Å²) >= 11 is 1.64. The number of ketones is 1. The Kier molecular flexibility index (Phi) is 5.32. The number of hydrogen-bond acceptors (Lipinski definition) is 4. The summed E-state index contributed by atoms with van der Waals surface area (Å²) in [7, 11) is 0. The topological polar surface area (TPSA) is 65.1 Å². The third-order valence-electron chi connectivity index (χ3n) is 4.92. The predicted molar refractivity (Wildman–Crippen MR) is 112 cm³/mol. The molecule has 1 aliphatic heterocycles. The Morgan fingerprint density at radius 1 is 1.19 bits per heavy atom. The van der Waals surface area contributed by atoms with Gasteiger partial charge in [0.1, 0.15) is 5.75 Å². The van der Waals surface area contributed by atoms with Crippen molar-refractivity contribution in [1.82, 2.24) is 10.3 Å². The third-order valence-corrected chi connectivity index (χ3v) is 5.93. The van der Waals surface area contributed by atoms with Crippen LogP contribution >= 0.6 is 11.8 Å². The Bertz CT molecular complexity index is 978. The van der Waals surface area contributed by atoms with Crippen LogP contribution in [0.25, 0.3) is 16.5 Å². The number of aromatic hydroxyl groups is 1. The van der Waals surface area contributed by atoms with Gasteiger partial charge in [0.15, 0.2) is 5.78 Å². The summed E-state index contributed by atoms with van der Waals surface area (Å²) in [5.41, 5.74) is 4.52. The van der Waals surface area contributed by atoms with E-state index < -0.39 is 0 Å². The standard InChI is InChI=1S/C22H22N2O2S/c25-18-6-7-19-17(12-24-20(19)11-18)13-27-14-22(26)21-10-16(8-9-23-21)15-4-2-1-3-5-15/h1-8,11-12,21,23-25H,9-10,13-14H2. The summed E-state index contributed by atoms with van der Waals surface area (Å²) in [4.78, 5) is 15.8. The number of rotatable bonds is 6. The quantitative estimate of drug-likeness (QED) is 0.604. The molecule has 2 aromatic carbocycles. The van der Waals surface area contributed by atoms with E-state index >= 15 is 0 Å². The van der Waals surface area contributed by atoms with E-state index in [4.69, 9.17) is 0 Å². The molecule has 4 rings (SSSR count). The molecule has 138 valence electrons. The highest BCUT2D eigenvalue weighted by atomic mass is 32.2. The maximum atomic E-state index is 12.7. The lowest BCUT2D eigenvalue weighted by atomic mass is 9.94. The van der Waals surface area contributed by atoms with Gasteiger partial charge in [-0.15, -0.1) is 11.8 Å². The Labute approximate surface area is 162 Å². The summed E-state index contributed by atoms with van der Waals surface area (Å²) in [5.74, 6) is 1.76. The molecule has 27 heavy (non-hydrogen) atoms. The highest BCUT2D eigenvalue weighted by Gasteiger charge is 2.22. The van der Waals surface area contributed by atoms with Crippen LogP contribution in [0, 0.1) is 0 Å². The van der Waals surface area contributed by atoms with E-state index in [9.17, 15) is 9.90 Å². The molecule has 0 radical (unpaired) electrons. The number of Topliss-reactive ketones (excluding diaryl/α,β-unsaturated/α-hetero) is 1.